The van der Waals surface area contributed by atoms with Crippen LogP contribution in [0.2, 0.25) is 0 Å². The summed E-state index contributed by atoms with van der Waals surface area (Å²) in [5, 5.41) is 2.64. The van der Waals surface area contributed by atoms with Gasteiger partial charge in [-0.1, -0.05) is 6.42 Å². The molecular formula is C14H20N4O2W. The van der Waals surface area contributed by atoms with Gasteiger partial charge in [0.05, 0.1) is 0 Å². The van der Waals surface area contributed by atoms with Gasteiger partial charge in [0.25, 0.3) is 0 Å². The van der Waals surface area contributed by atoms with Crippen molar-refractivity contribution >= 4 is 22.6 Å². The summed E-state index contributed by atoms with van der Waals surface area (Å²) in [5.41, 5.74) is 6.01. The zero-order valence-electron chi connectivity index (χ0n) is 11.8. The molecule has 6 nitrogen and oxygen atoms in total. The Morgan fingerprint density at radius 3 is 2.86 bits per heavy atom. The zero-order chi connectivity index (χ0) is 15.2. The van der Waals surface area contributed by atoms with Gasteiger partial charge in [-0.3, -0.25) is 4.79 Å². The minimum atomic E-state index is -0.288. The molecule has 0 aromatic carbocycles. The van der Waals surface area contributed by atoms with Crippen molar-refractivity contribution in [3.05, 3.63) is 12.3 Å². The first kappa shape index (κ1) is 16.2. The minimum Gasteiger partial charge on any atom is -0.275 e. The van der Waals surface area contributed by atoms with Crippen LogP contribution in [0.4, 0.5) is 0 Å². The van der Waals surface area contributed by atoms with Gasteiger partial charge in [0.15, 0.2) is 0 Å². The Morgan fingerprint density at radius 1 is 1.48 bits per heavy atom. The quantitative estimate of drug-likeness (QED) is 0.405. The molecule has 2 amide bonds. The molecule has 0 radical (unpaired) electrons. The van der Waals surface area contributed by atoms with Gasteiger partial charge in [0.1, 0.15) is 0 Å². The molecule has 1 aliphatic carbocycles. The predicted molar refractivity (Wildman–Crippen MR) is 77.3 cm³/mol. The normalized spacial score (nSPS) is 23.1. The molecule has 0 bridgehead atoms. The molecule has 0 aromatic heterocycles. The second-order valence-electron chi connectivity index (χ2n) is 5.38. The fourth-order valence-corrected chi connectivity index (χ4v) is 2.59. The van der Waals surface area contributed by atoms with Crippen LogP contribution >= 0.6 is 0 Å². The first-order valence-corrected chi connectivity index (χ1v) is 8.80. The van der Waals surface area contributed by atoms with E-state index in [1.807, 2.05) is 4.90 Å². The monoisotopic (exact) mass is 460 g/mol. The minimum absolute atomic E-state index is 0.0343. The Hall–Kier alpha value is -1.13. The molecule has 1 saturated carbocycles. The molecule has 1 heterocycles. The standard InChI is InChI=1S/C14H20N4O2.W/c1-16-6-3-7-17-13(19)8-11(15)12-9-18(12)14(20)10-4-2-5-10;/h1,3,6-7,10-12H,2,4-5,8-9,15H2,(H,17,19);. The molecule has 2 fully saturated rings. The maximum absolute atomic E-state index is 12.0. The summed E-state index contributed by atoms with van der Waals surface area (Å²) in [5.74, 6) is 0.285. The summed E-state index contributed by atoms with van der Waals surface area (Å²) in [4.78, 5) is 29.4. The van der Waals surface area contributed by atoms with Crippen molar-refractivity contribution in [3.63, 3.8) is 0 Å². The number of nitrogens with two attached hydrogens (primary N) is 1. The van der Waals surface area contributed by atoms with Gasteiger partial charge < -0.3 is 0 Å². The molecule has 2 aliphatic rings. The third-order valence-electron chi connectivity index (χ3n) is 3.88. The van der Waals surface area contributed by atoms with Crippen molar-refractivity contribution in [2.24, 2.45) is 16.6 Å². The smallest absolute Gasteiger partial charge is 0.275 e. The number of nitrogens with one attached hydrogen (secondary N) is 1. The summed E-state index contributed by atoms with van der Waals surface area (Å²) in [7, 11) is 0. The Labute approximate surface area is 135 Å². The van der Waals surface area contributed by atoms with Crippen molar-refractivity contribution in [1.29, 1.82) is 0 Å². The van der Waals surface area contributed by atoms with Gasteiger partial charge in [-0.15, -0.1) is 0 Å². The van der Waals surface area contributed by atoms with E-state index in [1.165, 1.54) is 19.4 Å². The number of amides is 2. The molecule has 0 aromatic rings. The van der Waals surface area contributed by atoms with Gasteiger partial charge in [-0.05, 0) is 12.8 Å². The number of nitrogens with zero attached hydrogens (tertiary/aromatic N) is 2. The summed E-state index contributed by atoms with van der Waals surface area (Å²) in [6.07, 6.45) is 8.18. The van der Waals surface area contributed by atoms with Crippen molar-refractivity contribution in [1.82, 2.24) is 10.2 Å². The van der Waals surface area contributed by atoms with Crippen LogP contribution in [0.1, 0.15) is 25.7 Å². The second kappa shape index (κ2) is 7.76. The van der Waals surface area contributed by atoms with Crippen LogP contribution in [0.3, 0.4) is 0 Å². The van der Waals surface area contributed by atoms with E-state index < -0.39 is 0 Å². The number of aliphatic imine (C=N–C) groups is 1. The van der Waals surface area contributed by atoms with E-state index in [2.05, 4.69) is 10.3 Å². The van der Waals surface area contributed by atoms with E-state index in [-0.39, 0.29) is 36.2 Å². The van der Waals surface area contributed by atoms with Gasteiger partial charge in [0.2, 0.25) is 0 Å². The summed E-state index contributed by atoms with van der Waals surface area (Å²) >= 11 is 1.27. The molecule has 2 atom stereocenters. The molecule has 3 N–H and O–H groups in total. The van der Waals surface area contributed by atoms with E-state index in [0.717, 1.165) is 19.3 Å². The third kappa shape index (κ3) is 4.68. The molecule has 2 unspecified atom stereocenters. The third-order valence-corrected chi connectivity index (χ3v) is 4.31. The average Bonchev–Trinajstić information content (AvgIpc) is 3.16. The summed E-state index contributed by atoms with van der Waals surface area (Å²) in [6, 6.07) is -0.254. The zero-order valence-corrected chi connectivity index (χ0v) is 14.7. The Morgan fingerprint density at radius 2 is 2.24 bits per heavy atom. The molecule has 0 spiro atoms. The number of hydrogen-bond acceptors (Lipinski definition) is 4. The molecule has 7 heteroatoms. The van der Waals surface area contributed by atoms with Crippen LogP contribution in [0.5, 0.6) is 0 Å². The van der Waals surface area contributed by atoms with Gasteiger partial charge in [-0.25, -0.2) is 0 Å². The van der Waals surface area contributed by atoms with Crippen molar-refractivity contribution in [2.45, 2.75) is 37.8 Å². The van der Waals surface area contributed by atoms with Gasteiger partial charge >= 0.3 is 105 Å². The van der Waals surface area contributed by atoms with Crippen LogP contribution in [0.25, 0.3) is 0 Å². The van der Waals surface area contributed by atoms with Crippen molar-refractivity contribution in [3.8, 4) is 0 Å². The van der Waals surface area contributed by atoms with E-state index in [9.17, 15) is 9.59 Å². The number of carbonyl (C=O) groups excluding carboxylic acids is 2. The van der Waals surface area contributed by atoms with E-state index in [4.69, 9.17) is 5.73 Å². The summed E-state index contributed by atoms with van der Waals surface area (Å²) in [6.45, 7) is 0.695. The SMILES string of the molecule is NC(CC(=O)NC=CC=N[CH]=[W])C1CN1C(=O)C1CCC1. The maximum atomic E-state index is 12.0. The van der Waals surface area contributed by atoms with Crippen LogP contribution in [-0.2, 0) is 28.9 Å². The predicted octanol–water partition coefficient (Wildman–Crippen LogP) is -0.278. The van der Waals surface area contributed by atoms with Crippen molar-refractivity contribution in [2.75, 3.05) is 6.54 Å². The Balaban J connectivity index is 1.67. The van der Waals surface area contributed by atoms with E-state index in [1.54, 1.807) is 23.0 Å². The second-order valence-corrected chi connectivity index (χ2v) is 6.14. The van der Waals surface area contributed by atoms with Gasteiger partial charge in [0, 0.05) is 5.92 Å². The van der Waals surface area contributed by atoms with Crippen LogP contribution in [0, 0.1) is 5.92 Å². The fraction of sp³-hybridized carbons (Fsp3) is 0.571. The molecule has 21 heavy (non-hydrogen) atoms. The fourth-order valence-electron chi connectivity index (χ4n) is 2.34. The summed E-state index contributed by atoms with van der Waals surface area (Å²) < 4.78 is 1.74. The van der Waals surface area contributed by atoms with Crippen LogP contribution < -0.4 is 11.1 Å². The molecule has 114 valence electrons. The molecule has 1 saturated heterocycles. The first-order chi connectivity index (χ1) is 10.1. The first-order valence-electron chi connectivity index (χ1n) is 7.11. The Bertz CT molecular complexity index is 474. The van der Waals surface area contributed by atoms with E-state index in [0.29, 0.717) is 6.54 Å². The number of carbonyl (C=O) groups is 2. The number of hydrogen-bond donors (Lipinski definition) is 2. The van der Waals surface area contributed by atoms with Gasteiger partial charge in [-0.2, -0.15) is 0 Å². The average molecular weight is 460 g/mol. The number of allylic oxidation sites excluding steroid dienone is 1. The molecule has 1 aliphatic heterocycles. The van der Waals surface area contributed by atoms with E-state index >= 15 is 0 Å². The Kier molecular flexibility index (Phi) is 6.00. The topological polar surface area (TPSA) is 87.6 Å². The van der Waals surface area contributed by atoms with Crippen LogP contribution in [0.15, 0.2) is 17.3 Å². The molecular weight excluding hydrogens is 440 g/mol. The molecule has 2 rings (SSSR count). The number of rotatable bonds is 7. The van der Waals surface area contributed by atoms with Crippen molar-refractivity contribution < 1.29 is 28.9 Å². The van der Waals surface area contributed by atoms with Crippen LogP contribution in [-0.4, -0.2) is 46.1 Å².